The van der Waals surface area contributed by atoms with Gasteiger partial charge in [-0.15, -0.1) is 0 Å². The zero-order chi connectivity index (χ0) is 25.0. The number of ether oxygens (including phenoxy) is 1. The number of rotatable bonds is 8. The Morgan fingerprint density at radius 3 is 2.34 bits per heavy atom. The van der Waals surface area contributed by atoms with Crippen LogP contribution in [0.25, 0.3) is 0 Å². The Kier molecular flexibility index (Phi) is 10.3. The minimum atomic E-state index is 0.505. The van der Waals surface area contributed by atoms with E-state index < -0.39 is 0 Å². The quantitative estimate of drug-likeness (QED) is 0.406. The van der Waals surface area contributed by atoms with E-state index in [4.69, 9.17) is 16.3 Å². The number of piperazine rings is 1. The van der Waals surface area contributed by atoms with Crippen LogP contribution >= 0.6 is 11.6 Å². The van der Waals surface area contributed by atoms with Crippen LogP contribution in [0, 0.1) is 0 Å². The molecule has 1 saturated heterocycles. The summed E-state index contributed by atoms with van der Waals surface area (Å²) in [5.74, 6) is 1.05. The van der Waals surface area contributed by atoms with Gasteiger partial charge in [0.05, 0.1) is 12.1 Å². The molecule has 2 aromatic carbocycles. The summed E-state index contributed by atoms with van der Waals surface area (Å²) in [6.07, 6.45) is 5.76. The number of nitrogens with zero attached hydrogens (tertiary/aromatic N) is 3. The highest BCUT2D eigenvalue weighted by Gasteiger charge is 2.11. The van der Waals surface area contributed by atoms with Gasteiger partial charge in [-0.1, -0.05) is 11.6 Å². The standard InChI is InChI=1S/C24H26ClN5O2.C2H7N/c1-32-22-13-18(16-31)12-19(23(22)25)3-2-17-14-27-24(28-15-17)29-20-4-6-21(7-5-20)30-10-8-26-9-11-30;1-3-2/h4-7,12-16,26H,2-3,8-11H2,1H3,(H,27,28,29);3H,1-2H3. The maximum Gasteiger partial charge on any atom is 0.227 e. The lowest BCUT2D eigenvalue weighted by Gasteiger charge is -2.29. The van der Waals surface area contributed by atoms with Crippen molar-refractivity contribution in [1.82, 2.24) is 20.6 Å². The van der Waals surface area contributed by atoms with Crippen LogP contribution < -0.4 is 25.6 Å². The first kappa shape index (κ1) is 26.4. The van der Waals surface area contributed by atoms with Crippen LogP contribution in [0.5, 0.6) is 5.75 Å². The number of carbonyl (C=O) groups is 1. The van der Waals surface area contributed by atoms with E-state index in [0.29, 0.717) is 35.1 Å². The molecule has 0 atom stereocenters. The normalized spacial score (nSPS) is 13.0. The summed E-state index contributed by atoms with van der Waals surface area (Å²) in [6.45, 7) is 4.08. The molecule has 0 aliphatic carbocycles. The highest BCUT2D eigenvalue weighted by atomic mass is 35.5. The van der Waals surface area contributed by atoms with Gasteiger partial charge in [0.15, 0.2) is 0 Å². The highest BCUT2D eigenvalue weighted by Crippen LogP contribution is 2.30. The van der Waals surface area contributed by atoms with Crippen molar-refractivity contribution in [2.24, 2.45) is 0 Å². The summed E-state index contributed by atoms with van der Waals surface area (Å²) < 4.78 is 5.26. The molecule has 0 spiro atoms. The summed E-state index contributed by atoms with van der Waals surface area (Å²) in [4.78, 5) is 22.4. The van der Waals surface area contributed by atoms with E-state index in [0.717, 1.165) is 49.3 Å². The first-order valence-electron chi connectivity index (χ1n) is 11.6. The molecule has 4 rings (SSSR count). The van der Waals surface area contributed by atoms with Crippen LogP contribution in [0.4, 0.5) is 17.3 Å². The summed E-state index contributed by atoms with van der Waals surface area (Å²) in [7, 11) is 5.29. The van der Waals surface area contributed by atoms with Crippen molar-refractivity contribution in [3.63, 3.8) is 0 Å². The maximum absolute atomic E-state index is 11.2. The van der Waals surface area contributed by atoms with Gasteiger partial charge in [-0.3, -0.25) is 4.79 Å². The SMILES string of the molecule is CNC.COc1cc(C=O)cc(CCc2cnc(Nc3ccc(N4CCNCC4)cc3)nc2)c1Cl. The Hall–Kier alpha value is -3.20. The van der Waals surface area contributed by atoms with Gasteiger partial charge >= 0.3 is 0 Å². The predicted octanol–water partition coefficient (Wildman–Crippen LogP) is 3.73. The summed E-state index contributed by atoms with van der Waals surface area (Å²) in [5.41, 5.74) is 4.56. The summed E-state index contributed by atoms with van der Waals surface area (Å²) in [5, 5.41) is 9.89. The maximum atomic E-state index is 11.2. The van der Waals surface area contributed by atoms with Crippen molar-refractivity contribution in [2.45, 2.75) is 12.8 Å². The van der Waals surface area contributed by atoms with Gasteiger partial charge in [0, 0.05) is 55.5 Å². The van der Waals surface area contributed by atoms with Crippen LogP contribution in [-0.4, -0.2) is 63.6 Å². The predicted molar refractivity (Wildman–Crippen MR) is 143 cm³/mol. The first-order valence-corrected chi connectivity index (χ1v) is 12.0. The molecule has 1 aliphatic heterocycles. The average molecular weight is 497 g/mol. The second kappa shape index (κ2) is 13.6. The van der Waals surface area contributed by atoms with E-state index in [9.17, 15) is 4.79 Å². The number of methoxy groups -OCH3 is 1. The number of halogens is 1. The number of benzene rings is 2. The van der Waals surface area contributed by atoms with E-state index in [1.165, 1.54) is 12.8 Å². The highest BCUT2D eigenvalue weighted by molar-refractivity contribution is 6.33. The number of aromatic nitrogens is 2. The van der Waals surface area contributed by atoms with Crippen LogP contribution in [0.1, 0.15) is 21.5 Å². The van der Waals surface area contributed by atoms with Crippen LogP contribution in [0.15, 0.2) is 48.8 Å². The fraction of sp³-hybridized carbons (Fsp3) is 0.346. The Balaban J connectivity index is 0.00000108. The number of hydrogen-bond donors (Lipinski definition) is 3. The fourth-order valence-electron chi connectivity index (χ4n) is 3.71. The number of aryl methyl sites for hydroxylation is 2. The van der Waals surface area contributed by atoms with Crippen molar-refractivity contribution >= 4 is 35.2 Å². The number of hydrogen-bond acceptors (Lipinski definition) is 8. The number of anilines is 3. The van der Waals surface area contributed by atoms with Crippen molar-refractivity contribution in [3.8, 4) is 5.75 Å². The number of carbonyl (C=O) groups excluding carboxylic acids is 1. The summed E-state index contributed by atoms with van der Waals surface area (Å²) >= 11 is 6.39. The average Bonchev–Trinajstić information content (AvgIpc) is 2.90. The van der Waals surface area contributed by atoms with Crippen molar-refractivity contribution in [3.05, 3.63) is 70.5 Å². The molecule has 0 saturated carbocycles. The van der Waals surface area contributed by atoms with Gasteiger partial charge in [-0.05, 0) is 74.5 Å². The molecule has 8 nitrogen and oxygen atoms in total. The molecular weight excluding hydrogens is 464 g/mol. The molecule has 0 amide bonds. The third-order valence-corrected chi connectivity index (χ3v) is 5.92. The lowest BCUT2D eigenvalue weighted by atomic mass is 10.0. The Morgan fingerprint density at radius 1 is 1.09 bits per heavy atom. The molecule has 0 radical (unpaired) electrons. The molecule has 2 heterocycles. The topological polar surface area (TPSA) is 91.4 Å². The van der Waals surface area contributed by atoms with Gasteiger partial charge in [-0.2, -0.15) is 0 Å². The van der Waals surface area contributed by atoms with Crippen molar-refractivity contribution in [1.29, 1.82) is 0 Å². The monoisotopic (exact) mass is 496 g/mol. The summed E-state index contributed by atoms with van der Waals surface area (Å²) in [6, 6.07) is 11.8. The van der Waals surface area contributed by atoms with E-state index in [1.807, 2.05) is 26.2 Å². The van der Waals surface area contributed by atoms with Gasteiger partial charge in [0.1, 0.15) is 12.0 Å². The molecular formula is C26H33ClN6O2. The van der Waals surface area contributed by atoms with E-state index >= 15 is 0 Å². The van der Waals surface area contributed by atoms with Crippen molar-refractivity contribution < 1.29 is 9.53 Å². The Morgan fingerprint density at radius 2 is 1.74 bits per heavy atom. The Labute approximate surface area is 212 Å². The molecule has 0 unspecified atom stereocenters. The molecule has 0 bridgehead atoms. The van der Waals surface area contributed by atoms with E-state index in [1.54, 1.807) is 24.5 Å². The second-order valence-electron chi connectivity index (χ2n) is 8.14. The lowest BCUT2D eigenvalue weighted by molar-refractivity contribution is 0.112. The molecule has 1 aliphatic rings. The third kappa shape index (κ3) is 7.65. The van der Waals surface area contributed by atoms with Crippen LogP contribution in [0.2, 0.25) is 5.02 Å². The van der Waals surface area contributed by atoms with Crippen LogP contribution in [0.3, 0.4) is 0 Å². The Bertz CT molecular complexity index is 1070. The zero-order valence-corrected chi connectivity index (χ0v) is 21.2. The zero-order valence-electron chi connectivity index (χ0n) is 20.5. The smallest absolute Gasteiger partial charge is 0.227 e. The first-order chi connectivity index (χ1) is 17.1. The largest absolute Gasteiger partial charge is 0.495 e. The van der Waals surface area contributed by atoms with Crippen molar-refractivity contribution in [2.75, 3.05) is 57.6 Å². The van der Waals surface area contributed by atoms with Gasteiger partial charge < -0.3 is 25.6 Å². The minimum absolute atomic E-state index is 0.505. The molecule has 3 aromatic rings. The fourth-order valence-corrected chi connectivity index (χ4v) is 3.99. The molecule has 3 N–H and O–H groups in total. The minimum Gasteiger partial charge on any atom is -0.495 e. The van der Waals surface area contributed by atoms with E-state index in [2.05, 4.69) is 43.0 Å². The van der Waals surface area contributed by atoms with Gasteiger partial charge in [0.2, 0.25) is 5.95 Å². The molecule has 1 aromatic heterocycles. The van der Waals surface area contributed by atoms with E-state index in [-0.39, 0.29) is 0 Å². The van der Waals surface area contributed by atoms with Gasteiger partial charge in [-0.25, -0.2) is 9.97 Å². The molecule has 35 heavy (non-hydrogen) atoms. The molecule has 186 valence electrons. The number of aldehydes is 1. The second-order valence-corrected chi connectivity index (χ2v) is 8.52. The molecule has 1 fully saturated rings. The van der Waals surface area contributed by atoms with Gasteiger partial charge in [0.25, 0.3) is 0 Å². The molecule has 9 heteroatoms. The van der Waals surface area contributed by atoms with Crippen LogP contribution in [-0.2, 0) is 12.8 Å². The lowest BCUT2D eigenvalue weighted by Crippen LogP contribution is -2.43. The number of nitrogens with one attached hydrogen (secondary N) is 3. The third-order valence-electron chi connectivity index (χ3n) is 5.49.